The molecular formula is C6H4F2N2O4. The Morgan fingerprint density at radius 3 is 2.50 bits per heavy atom. The zero-order chi connectivity index (χ0) is 10.9. The van der Waals surface area contributed by atoms with E-state index in [0.717, 1.165) is 0 Å². The van der Waals surface area contributed by atoms with Crippen molar-refractivity contribution in [3.05, 3.63) is 32.2 Å². The Labute approximate surface area is 75.0 Å². The average Bonchev–Trinajstić information content (AvgIpc) is 2.07. The first-order valence-electron chi connectivity index (χ1n) is 3.32. The lowest BCUT2D eigenvalue weighted by atomic mass is 10.2. The molecule has 1 aromatic rings. The van der Waals surface area contributed by atoms with Gasteiger partial charge in [-0.2, -0.15) is 0 Å². The molecule has 6 nitrogen and oxygen atoms in total. The van der Waals surface area contributed by atoms with Gasteiger partial charge in [-0.3, -0.25) is 14.9 Å². The van der Waals surface area contributed by atoms with Gasteiger partial charge in [-0.15, -0.1) is 0 Å². The lowest BCUT2D eigenvalue weighted by molar-refractivity contribution is -0.387. The monoisotopic (exact) mass is 206 g/mol. The van der Waals surface area contributed by atoms with E-state index in [2.05, 4.69) is 0 Å². The SMILES string of the molecule is O=c1[nH]cc(O)c(C(F)F)c1[N+](=O)[O-]. The Morgan fingerprint density at radius 2 is 2.14 bits per heavy atom. The number of alkyl halides is 2. The van der Waals surface area contributed by atoms with Crippen LogP contribution in [0.3, 0.4) is 0 Å². The molecule has 0 bridgehead atoms. The fraction of sp³-hybridized carbons (Fsp3) is 0.167. The number of hydrogen-bond donors (Lipinski definition) is 2. The molecule has 1 rings (SSSR count). The van der Waals surface area contributed by atoms with Crippen LogP contribution in [-0.2, 0) is 0 Å². The number of hydrogen-bond acceptors (Lipinski definition) is 4. The van der Waals surface area contributed by atoms with Gasteiger partial charge in [0.05, 0.1) is 4.92 Å². The number of nitro groups is 1. The van der Waals surface area contributed by atoms with Crippen molar-refractivity contribution in [2.45, 2.75) is 6.43 Å². The number of aromatic amines is 1. The lowest BCUT2D eigenvalue weighted by Crippen LogP contribution is -2.14. The fourth-order valence-electron chi connectivity index (χ4n) is 0.920. The van der Waals surface area contributed by atoms with E-state index >= 15 is 0 Å². The molecule has 0 aliphatic heterocycles. The van der Waals surface area contributed by atoms with Crippen molar-refractivity contribution in [1.82, 2.24) is 4.98 Å². The van der Waals surface area contributed by atoms with Gasteiger partial charge in [-0.25, -0.2) is 8.78 Å². The summed E-state index contributed by atoms with van der Waals surface area (Å²) in [6.07, 6.45) is -2.70. The number of H-pyrrole nitrogens is 1. The largest absolute Gasteiger partial charge is 0.506 e. The van der Waals surface area contributed by atoms with Crippen molar-refractivity contribution in [2.75, 3.05) is 0 Å². The topological polar surface area (TPSA) is 96.2 Å². The number of halogens is 2. The van der Waals surface area contributed by atoms with Crippen molar-refractivity contribution < 1.29 is 18.8 Å². The Morgan fingerprint density at radius 1 is 1.57 bits per heavy atom. The molecule has 0 aliphatic carbocycles. The van der Waals surface area contributed by atoms with E-state index < -0.39 is 33.9 Å². The fourth-order valence-corrected chi connectivity index (χ4v) is 0.920. The molecule has 8 heteroatoms. The zero-order valence-electron chi connectivity index (χ0n) is 6.53. The molecule has 1 heterocycles. The maximum Gasteiger partial charge on any atom is 0.346 e. The van der Waals surface area contributed by atoms with Crippen LogP contribution in [0.15, 0.2) is 11.0 Å². The third-order valence-corrected chi connectivity index (χ3v) is 1.49. The Kier molecular flexibility index (Phi) is 2.45. The molecule has 0 aromatic carbocycles. The maximum absolute atomic E-state index is 12.2. The summed E-state index contributed by atoms with van der Waals surface area (Å²) < 4.78 is 24.4. The quantitative estimate of drug-likeness (QED) is 0.555. The second kappa shape index (κ2) is 3.40. The number of nitrogens with zero attached hydrogens (tertiary/aromatic N) is 1. The molecule has 0 unspecified atom stereocenters. The van der Waals surface area contributed by atoms with E-state index in [-0.39, 0.29) is 0 Å². The predicted octanol–water partition coefficient (Wildman–Crippen LogP) is 0.926. The molecular weight excluding hydrogens is 202 g/mol. The van der Waals surface area contributed by atoms with Crippen LogP contribution in [0.25, 0.3) is 0 Å². The molecule has 0 amide bonds. The van der Waals surface area contributed by atoms with Gasteiger partial charge in [-0.1, -0.05) is 0 Å². The summed E-state index contributed by atoms with van der Waals surface area (Å²) in [5.41, 5.74) is -3.87. The summed E-state index contributed by atoms with van der Waals surface area (Å²) >= 11 is 0. The molecule has 0 aliphatic rings. The van der Waals surface area contributed by atoms with Crippen LogP contribution in [0.1, 0.15) is 12.0 Å². The maximum atomic E-state index is 12.2. The van der Waals surface area contributed by atoms with Crippen molar-refractivity contribution in [3.63, 3.8) is 0 Å². The highest BCUT2D eigenvalue weighted by atomic mass is 19.3. The Bertz CT molecular complexity index is 428. The van der Waals surface area contributed by atoms with Crippen molar-refractivity contribution in [2.24, 2.45) is 0 Å². The van der Waals surface area contributed by atoms with Crippen LogP contribution in [0.4, 0.5) is 14.5 Å². The smallest absolute Gasteiger partial charge is 0.346 e. The van der Waals surface area contributed by atoms with Crippen LogP contribution < -0.4 is 5.56 Å². The molecule has 76 valence electrons. The minimum Gasteiger partial charge on any atom is -0.506 e. The standard InChI is InChI=1S/C6H4F2N2O4/c7-5(8)3-2(11)1-9-6(12)4(3)10(13)14/h1,5,11H,(H,9,12). The van der Waals surface area contributed by atoms with Crippen LogP contribution in [0, 0.1) is 10.1 Å². The predicted molar refractivity (Wildman–Crippen MR) is 40.3 cm³/mol. The lowest BCUT2D eigenvalue weighted by Gasteiger charge is -2.02. The number of rotatable bonds is 2. The highest BCUT2D eigenvalue weighted by molar-refractivity contribution is 5.46. The number of pyridine rings is 1. The van der Waals surface area contributed by atoms with Gasteiger partial charge >= 0.3 is 11.2 Å². The van der Waals surface area contributed by atoms with E-state index in [4.69, 9.17) is 5.11 Å². The molecule has 1 aromatic heterocycles. The third kappa shape index (κ3) is 1.53. The second-order valence-corrected chi connectivity index (χ2v) is 2.32. The summed E-state index contributed by atoms with van der Waals surface area (Å²) in [6, 6.07) is 0. The minimum atomic E-state index is -3.28. The summed E-state index contributed by atoms with van der Waals surface area (Å²) in [5.74, 6) is -1.01. The van der Waals surface area contributed by atoms with E-state index in [1.807, 2.05) is 0 Å². The Hall–Kier alpha value is -1.99. The first-order chi connectivity index (χ1) is 6.45. The van der Waals surface area contributed by atoms with E-state index in [1.54, 1.807) is 4.98 Å². The van der Waals surface area contributed by atoms with E-state index in [0.29, 0.717) is 6.20 Å². The molecule has 0 radical (unpaired) electrons. The molecule has 0 saturated heterocycles. The third-order valence-electron chi connectivity index (χ3n) is 1.49. The molecule has 2 N–H and O–H groups in total. The van der Waals surface area contributed by atoms with Gasteiger partial charge in [0.2, 0.25) is 0 Å². The Balaban J connectivity index is 3.58. The first-order valence-corrected chi connectivity index (χ1v) is 3.32. The summed E-state index contributed by atoms with van der Waals surface area (Å²) in [5, 5.41) is 19.1. The van der Waals surface area contributed by atoms with Crippen LogP contribution in [-0.4, -0.2) is 15.0 Å². The van der Waals surface area contributed by atoms with Gasteiger partial charge in [-0.05, 0) is 0 Å². The molecule has 0 saturated carbocycles. The van der Waals surface area contributed by atoms with Crippen LogP contribution >= 0.6 is 0 Å². The number of aromatic hydroxyl groups is 1. The van der Waals surface area contributed by atoms with Gasteiger partial charge in [0.1, 0.15) is 11.3 Å². The van der Waals surface area contributed by atoms with Gasteiger partial charge < -0.3 is 10.1 Å². The second-order valence-electron chi connectivity index (χ2n) is 2.32. The number of nitrogens with one attached hydrogen (secondary N) is 1. The number of aromatic nitrogens is 1. The zero-order valence-corrected chi connectivity index (χ0v) is 6.53. The molecule has 0 fully saturated rings. The van der Waals surface area contributed by atoms with Crippen molar-refractivity contribution in [1.29, 1.82) is 0 Å². The average molecular weight is 206 g/mol. The molecule has 14 heavy (non-hydrogen) atoms. The minimum absolute atomic E-state index is 0.580. The van der Waals surface area contributed by atoms with Crippen LogP contribution in [0.5, 0.6) is 5.75 Å². The highest BCUT2D eigenvalue weighted by Gasteiger charge is 2.29. The summed E-state index contributed by atoms with van der Waals surface area (Å²) in [7, 11) is 0. The summed E-state index contributed by atoms with van der Waals surface area (Å²) in [4.78, 5) is 21.5. The van der Waals surface area contributed by atoms with Gasteiger partial charge in [0, 0.05) is 6.20 Å². The van der Waals surface area contributed by atoms with Gasteiger partial charge in [0.15, 0.2) is 0 Å². The van der Waals surface area contributed by atoms with Gasteiger partial charge in [0.25, 0.3) is 6.43 Å². The van der Waals surface area contributed by atoms with E-state index in [1.165, 1.54) is 0 Å². The molecule has 0 atom stereocenters. The summed E-state index contributed by atoms with van der Waals surface area (Å²) in [6.45, 7) is 0. The van der Waals surface area contributed by atoms with Crippen molar-refractivity contribution >= 4 is 5.69 Å². The first kappa shape index (κ1) is 10.1. The molecule has 0 spiro atoms. The van der Waals surface area contributed by atoms with Crippen molar-refractivity contribution in [3.8, 4) is 5.75 Å². The van der Waals surface area contributed by atoms with Crippen LogP contribution in [0.2, 0.25) is 0 Å². The van der Waals surface area contributed by atoms with E-state index in [9.17, 15) is 23.7 Å². The normalized spacial score (nSPS) is 10.5. The highest BCUT2D eigenvalue weighted by Crippen LogP contribution is 2.32.